The number of esters is 2. The number of hydrogen-bond donors (Lipinski definition) is 2. The Morgan fingerprint density at radius 2 is 0.897 bits per heavy atom. The molecule has 4 aliphatic carbocycles. The Balaban J connectivity index is 1.58. The van der Waals surface area contributed by atoms with Gasteiger partial charge in [-0.25, -0.2) is 17.6 Å². The number of fused-ring (bicyclic) bond motifs is 4. The number of ether oxygens (including phenoxy) is 1. The highest BCUT2D eigenvalue weighted by atomic mass is 19.3. The first-order valence-corrected chi connectivity index (χ1v) is 8.74. The highest BCUT2D eigenvalue weighted by molar-refractivity contribution is 5.94. The monoisotopic (exact) mass is 418 g/mol. The van der Waals surface area contributed by atoms with Crippen molar-refractivity contribution in [2.45, 2.75) is 11.8 Å². The third-order valence-corrected chi connectivity index (χ3v) is 6.47. The van der Waals surface area contributed by atoms with Gasteiger partial charge in [0.05, 0.1) is 47.3 Å². The maximum atomic E-state index is 14.2. The van der Waals surface area contributed by atoms with Crippen molar-refractivity contribution in [2.75, 3.05) is 0 Å². The number of alkyl halides is 4. The number of carbonyl (C=O) groups is 4. The van der Waals surface area contributed by atoms with Crippen LogP contribution in [0.5, 0.6) is 0 Å². The summed E-state index contributed by atoms with van der Waals surface area (Å²) in [4.78, 5) is 47.7. The first-order chi connectivity index (χ1) is 13.4. The van der Waals surface area contributed by atoms with Crippen LogP contribution in [0.25, 0.3) is 0 Å². The average Bonchev–Trinajstić information content (AvgIpc) is 3.24. The van der Waals surface area contributed by atoms with Crippen LogP contribution in [-0.4, -0.2) is 45.9 Å². The summed E-state index contributed by atoms with van der Waals surface area (Å²) in [6.45, 7) is 0. The lowest BCUT2D eigenvalue weighted by molar-refractivity contribution is -0.173. The van der Waals surface area contributed by atoms with Crippen molar-refractivity contribution in [1.29, 1.82) is 0 Å². The molecule has 156 valence electrons. The lowest BCUT2D eigenvalue weighted by Gasteiger charge is -2.24. The Morgan fingerprint density at radius 3 is 1.17 bits per heavy atom. The van der Waals surface area contributed by atoms with Crippen molar-refractivity contribution < 1.29 is 51.7 Å². The molecular formula is C18H14F4O7. The first-order valence-electron chi connectivity index (χ1n) is 8.74. The van der Waals surface area contributed by atoms with Gasteiger partial charge in [-0.2, -0.15) is 0 Å². The molecule has 0 aliphatic heterocycles. The topological polar surface area (TPSA) is 118 Å². The standard InChI is InChI=1S/C18H14F4O7/c19-17(20)5-1-3-7(17)11(9(5)13(23)24)15(27)29-16(28)12-8-4-2-6(18(8,21)22)10(12)14(25)26/h1-12H,(H,23,24)(H,25,26). The minimum absolute atomic E-state index is 0.967. The zero-order chi connectivity index (χ0) is 21.5. The smallest absolute Gasteiger partial charge is 0.318 e. The molecule has 2 saturated carbocycles. The van der Waals surface area contributed by atoms with Crippen molar-refractivity contribution >= 4 is 23.9 Å². The molecule has 0 aromatic carbocycles. The van der Waals surface area contributed by atoms with Gasteiger partial charge in [0.15, 0.2) is 0 Å². The molecule has 7 nitrogen and oxygen atoms in total. The van der Waals surface area contributed by atoms with Gasteiger partial charge in [0, 0.05) is 0 Å². The highest BCUT2D eigenvalue weighted by Crippen LogP contribution is 2.59. The van der Waals surface area contributed by atoms with Gasteiger partial charge < -0.3 is 14.9 Å². The van der Waals surface area contributed by atoms with Gasteiger partial charge in [-0.05, 0) is 0 Å². The summed E-state index contributed by atoms with van der Waals surface area (Å²) < 4.78 is 61.5. The van der Waals surface area contributed by atoms with E-state index in [1.807, 2.05) is 0 Å². The van der Waals surface area contributed by atoms with E-state index >= 15 is 0 Å². The predicted molar refractivity (Wildman–Crippen MR) is 82.5 cm³/mol. The second kappa shape index (κ2) is 5.90. The molecule has 8 atom stereocenters. The van der Waals surface area contributed by atoms with Gasteiger partial charge in [-0.3, -0.25) is 19.2 Å². The number of hydrogen-bond acceptors (Lipinski definition) is 5. The van der Waals surface area contributed by atoms with Crippen LogP contribution in [-0.2, 0) is 23.9 Å². The van der Waals surface area contributed by atoms with Crippen LogP contribution in [0.3, 0.4) is 0 Å². The molecule has 0 spiro atoms. The van der Waals surface area contributed by atoms with Crippen molar-refractivity contribution in [1.82, 2.24) is 0 Å². The summed E-state index contributed by atoms with van der Waals surface area (Å²) in [5, 5.41) is 18.5. The second-order valence-electron chi connectivity index (χ2n) is 7.74. The van der Waals surface area contributed by atoms with E-state index in [1.165, 1.54) is 0 Å². The third kappa shape index (κ3) is 2.42. The van der Waals surface area contributed by atoms with Crippen molar-refractivity contribution in [3.63, 3.8) is 0 Å². The Bertz CT molecular complexity index is 809. The summed E-state index contributed by atoms with van der Waals surface area (Å²) in [5.74, 6) is -28.3. The van der Waals surface area contributed by atoms with Gasteiger partial charge in [-0.1, -0.05) is 24.3 Å². The zero-order valence-electron chi connectivity index (χ0n) is 14.4. The molecule has 0 heterocycles. The molecule has 11 heteroatoms. The van der Waals surface area contributed by atoms with Crippen molar-refractivity contribution in [2.24, 2.45) is 47.3 Å². The minimum atomic E-state index is -3.54. The van der Waals surface area contributed by atoms with Crippen molar-refractivity contribution in [3.05, 3.63) is 24.3 Å². The molecule has 8 unspecified atom stereocenters. The molecule has 4 aliphatic rings. The maximum absolute atomic E-state index is 14.2. The van der Waals surface area contributed by atoms with E-state index in [-0.39, 0.29) is 0 Å². The van der Waals surface area contributed by atoms with E-state index in [0.29, 0.717) is 0 Å². The molecule has 4 rings (SSSR count). The molecule has 4 bridgehead atoms. The van der Waals surface area contributed by atoms with Crippen LogP contribution in [0.4, 0.5) is 17.6 Å². The Labute approximate surface area is 160 Å². The fourth-order valence-corrected chi connectivity index (χ4v) is 5.20. The number of rotatable bonds is 4. The van der Waals surface area contributed by atoms with Crippen LogP contribution >= 0.6 is 0 Å². The molecule has 0 saturated heterocycles. The molecule has 0 radical (unpaired) electrons. The summed E-state index contributed by atoms with van der Waals surface area (Å²) in [7, 11) is 0. The molecule has 2 N–H and O–H groups in total. The van der Waals surface area contributed by atoms with E-state index in [0.717, 1.165) is 24.3 Å². The van der Waals surface area contributed by atoms with Crippen molar-refractivity contribution in [3.8, 4) is 0 Å². The van der Waals surface area contributed by atoms with Crippen LogP contribution in [0, 0.1) is 47.3 Å². The zero-order valence-corrected chi connectivity index (χ0v) is 14.4. The number of carboxylic acids is 2. The van der Waals surface area contributed by atoms with Crippen LogP contribution in [0.1, 0.15) is 0 Å². The number of carbonyl (C=O) groups excluding carboxylic acids is 2. The van der Waals surface area contributed by atoms with Crippen LogP contribution in [0.15, 0.2) is 24.3 Å². The lowest BCUT2D eigenvalue weighted by Crippen LogP contribution is -2.39. The Kier molecular flexibility index (Phi) is 3.98. The summed E-state index contributed by atoms with van der Waals surface area (Å²) in [5.41, 5.74) is 0. The molecule has 29 heavy (non-hydrogen) atoms. The fourth-order valence-electron chi connectivity index (χ4n) is 5.20. The van der Waals surface area contributed by atoms with E-state index in [4.69, 9.17) is 0 Å². The highest BCUT2D eigenvalue weighted by Gasteiger charge is 2.70. The SMILES string of the molecule is O=C(O)C1C(C(=O)OC(=O)C2C(C(=O)O)C3C=CC2C3(F)F)C2C=CC1C2(F)F. The number of carboxylic acid groups (broad SMARTS) is 2. The van der Waals surface area contributed by atoms with Crippen LogP contribution < -0.4 is 0 Å². The third-order valence-electron chi connectivity index (χ3n) is 6.47. The summed E-state index contributed by atoms with van der Waals surface area (Å²) >= 11 is 0. The molecule has 0 aromatic rings. The van der Waals surface area contributed by atoms with E-state index < -0.39 is 83.1 Å². The number of halogens is 4. The van der Waals surface area contributed by atoms with Gasteiger partial charge in [0.25, 0.3) is 11.8 Å². The summed E-state index contributed by atoms with van der Waals surface area (Å²) in [6, 6.07) is 0. The Morgan fingerprint density at radius 1 is 0.621 bits per heavy atom. The Hall–Kier alpha value is -2.72. The minimum Gasteiger partial charge on any atom is -0.481 e. The van der Waals surface area contributed by atoms with E-state index in [1.54, 1.807) is 0 Å². The van der Waals surface area contributed by atoms with E-state index in [9.17, 15) is 47.0 Å². The average molecular weight is 418 g/mol. The maximum Gasteiger partial charge on any atom is 0.318 e. The van der Waals surface area contributed by atoms with Gasteiger partial charge in [0.2, 0.25) is 0 Å². The predicted octanol–water partition coefficient (Wildman–Crippen LogP) is 1.59. The quantitative estimate of drug-likeness (QED) is 0.308. The fraction of sp³-hybridized carbons (Fsp3) is 0.556. The summed E-state index contributed by atoms with van der Waals surface area (Å²) in [6.07, 6.45) is 3.90. The molecular weight excluding hydrogens is 404 g/mol. The van der Waals surface area contributed by atoms with Gasteiger partial charge in [0.1, 0.15) is 0 Å². The lowest BCUT2D eigenvalue weighted by atomic mass is 9.82. The molecule has 0 aromatic heterocycles. The first kappa shape index (κ1) is 19.6. The van der Waals surface area contributed by atoms with Gasteiger partial charge >= 0.3 is 23.9 Å². The number of allylic oxidation sites excluding steroid dienone is 4. The number of aliphatic carboxylic acids is 2. The second-order valence-corrected chi connectivity index (χ2v) is 7.74. The molecule has 2 fully saturated rings. The molecule has 0 amide bonds. The normalized spacial score (nSPS) is 42.2. The largest absolute Gasteiger partial charge is 0.481 e. The van der Waals surface area contributed by atoms with E-state index in [2.05, 4.69) is 4.74 Å². The van der Waals surface area contributed by atoms with Gasteiger partial charge in [-0.15, -0.1) is 0 Å². The van der Waals surface area contributed by atoms with Crippen LogP contribution in [0.2, 0.25) is 0 Å².